The molecule has 4 aromatic rings. The summed E-state index contributed by atoms with van der Waals surface area (Å²) in [5, 5.41) is 2.41. The van der Waals surface area contributed by atoms with Crippen molar-refractivity contribution in [1.82, 2.24) is 9.97 Å². The summed E-state index contributed by atoms with van der Waals surface area (Å²) in [6.07, 6.45) is 1.95. The third kappa shape index (κ3) is 4.12. The number of rotatable bonds is 5. The van der Waals surface area contributed by atoms with Crippen molar-refractivity contribution in [3.8, 4) is 0 Å². The van der Waals surface area contributed by atoms with Gasteiger partial charge in [0, 0.05) is 17.2 Å². The smallest absolute Gasteiger partial charge is 0.276 e. The second kappa shape index (κ2) is 8.18. The van der Waals surface area contributed by atoms with Gasteiger partial charge >= 0.3 is 0 Å². The Morgan fingerprint density at radius 2 is 1.75 bits per heavy atom. The Morgan fingerprint density at radius 1 is 1.06 bits per heavy atom. The van der Waals surface area contributed by atoms with Crippen molar-refractivity contribution in [2.45, 2.75) is 12.1 Å². The van der Waals surface area contributed by atoms with Crippen molar-refractivity contribution in [2.75, 3.05) is 11.6 Å². The predicted molar refractivity (Wildman–Crippen MR) is 119 cm³/mol. The molecule has 0 atom stereocenters. The molecule has 0 unspecified atom stereocenters. The van der Waals surface area contributed by atoms with E-state index in [1.807, 2.05) is 6.92 Å². The number of aromatic nitrogens is 2. The van der Waals surface area contributed by atoms with Crippen molar-refractivity contribution in [1.29, 1.82) is 0 Å². The molecule has 0 saturated carbocycles. The van der Waals surface area contributed by atoms with Crippen LogP contribution >= 0.6 is 11.6 Å². The van der Waals surface area contributed by atoms with Crippen LogP contribution in [0.15, 0.2) is 64.3 Å². The van der Waals surface area contributed by atoms with Crippen LogP contribution in [0.25, 0.3) is 11.0 Å². The first-order valence-corrected chi connectivity index (χ1v) is 11.6. The molecule has 2 aromatic heterocycles. The highest BCUT2D eigenvalue weighted by molar-refractivity contribution is 7.90. The molecule has 0 aliphatic carbocycles. The van der Waals surface area contributed by atoms with Gasteiger partial charge in [0.15, 0.2) is 11.5 Å². The molecule has 1 N–H and O–H groups in total. The fourth-order valence-corrected chi connectivity index (χ4v) is 3.71. The van der Waals surface area contributed by atoms with Gasteiger partial charge in [-0.25, -0.2) is 18.4 Å². The van der Waals surface area contributed by atoms with E-state index in [4.69, 9.17) is 16.0 Å². The Bertz CT molecular complexity index is 1480. The molecule has 0 fully saturated rings. The number of amides is 1. The number of hydrogen-bond donors (Lipinski definition) is 1. The molecule has 4 rings (SSSR count). The maximum Gasteiger partial charge on any atom is 0.276 e. The minimum absolute atomic E-state index is 0.0723. The lowest BCUT2D eigenvalue weighted by molar-refractivity contribution is 0.101. The summed E-state index contributed by atoms with van der Waals surface area (Å²) in [6.45, 7) is 1.90. The molecular formula is C22H16ClN3O5S. The van der Waals surface area contributed by atoms with E-state index >= 15 is 0 Å². The lowest BCUT2D eigenvalue weighted by atomic mass is 10.1. The van der Waals surface area contributed by atoms with Gasteiger partial charge in [-0.1, -0.05) is 53.6 Å². The third-order valence-electron chi connectivity index (χ3n) is 4.62. The zero-order valence-electron chi connectivity index (χ0n) is 16.9. The van der Waals surface area contributed by atoms with Gasteiger partial charge in [0.2, 0.25) is 20.8 Å². The number of aryl methyl sites for hydroxylation is 1. The molecule has 0 spiro atoms. The maximum atomic E-state index is 13.1. The van der Waals surface area contributed by atoms with Gasteiger partial charge in [-0.2, -0.15) is 0 Å². The second-order valence-electron chi connectivity index (χ2n) is 7.07. The van der Waals surface area contributed by atoms with E-state index in [1.54, 1.807) is 48.5 Å². The summed E-state index contributed by atoms with van der Waals surface area (Å²) < 4.78 is 29.3. The van der Waals surface area contributed by atoms with Crippen LogP contribution in [-0.4, -0.2) is 36.3 Å². The number of hydrogen-bond acceptors (Lipinski definition) is 7. The van der Waals surface area contributed by atoms with E-state index in [0.29, 0.717) is 16.5 Å². The van der Waals surface area contributed by atoms with Crippen molar-refractivity contribution in [3.05, 3.63) is 82.3 Å². The number of para-hydroxylation sites is 1. The number of nitrogens with one attached hydrogen (secondary N) is 1. The number of furan rings is 1. The molecule has 162 valence electrons. The minimum atomic E-state index is -3.77. The summed E-state index contributed by atoms with van der Waals surface area (Å²) in [4.78, 5) is 33.6. The summed E-state index contributed by atoms with van der Waals surface area (Å²) in [5.41, 5.74) is 1.54. The van der Waals surface area contributed by atoms with E-state index < -0.39 is 26.7 Å². The van der Waals surface area contributed by atoms with Crippen molar-refractivity contribution >= 4 is 49.8 Å². The zero-order valence-corrected chi connectivity index (χ0v) is 18.5. The fourth-order valence-electron chi connectivity index (χ4n) is 3.03. The Morgan fingerprint density at radius 3 is 2.44 bits per heavy atom. The molecule has 2 heterocycles. The number of carbonyl (C=O) groups is 2. The van der Waals surface area contributed by atoms with Gasteiger partial charge in [0.1, 0.15) is 5.58 Å². The first kappa shape index (κ1) is 21.7. The van der Waals surface area contributed by atoms with E-state index in [0.717, 1.165) is 18.0 Å². The standard InChI is InChI=1S/C22H16ClN3O5S/c1-12-7-9-13(10-8-12)19(27)20-17(14-5-3-4-6-16(14)31-20)25-21(28)18-15(23)11-24-22(26-18)32(2,29)30/h3-11H,1-2H3,(H,25,28). The SMILES string of the molecule is Cc1ccc(C(=O)c2oc3ccccc3c2NC(=O)c2nc(S(C)(=O)=O)ncc2Cl)cc1. The number of sulfone groups is 1. The normalized spacial score (nSPS) is 11.5. The van der Waals surface area contributed by atoms with Crippen LogP contribution in [0.5, 0.6) is 0 Å². The van der Waals surface area contributed by atoms with Crippen LogP contribution in [0.3, 0.4) is 0 Å². The van der Waals surface area contributed by atoms with Crippen LogP contribution in [0, 0.1) is 6.92 Å². The molecule has 0 aliphatic heterocycles. The largest absolute Gasteiger partial charge is 0.450 e. The van der Waals surface area contributed by atoms with Crippen LogP contribution in [0.1, 0.15) is 32.2 Å². The Balaban J connectivity index is 1.80. The number of ketones is 1. The summed E-state index contributed by atoms with van der Waals surface area (Å²) in [5.74, 6) is -1.31. The molecule has 0 aliphatic rings. The van der Waals surface area contributed by atoms with Crippen molar-refractivity contribution in [3.63, 3.8) is 0 Å². The monoisotopic (exact) mass is 469 g/mol. The highest BCUT2D eigenvalue weighted by Crippen LogP contribution is 2.33. The first-order chi connectivity index (χ1) is 15.1. The van der Waals surface area contributed by atoms with Gasteiger partial charge < -0.3 is 9.73 Å². The first-order valence-electron chi connectivity index (χ1n) is 9.32. The highest BCUT2D eigenvalue weighted by Gasteiger charge is 2.26. The van der Waals surface area contributed by atoms with Crippen molar-refractivity contribution in [2.24, 2.45) is 0 Å². The number of fused-ring (bicyclic) bond motifs is 1. The fraction of sp³-hybridized carbons (Fsp3) is 0.0909. The second-order valence-corrected chi connectivity index (χ2v) is 9.39. The van der Waals surface area contributed by atoms with Gasteiger partial charge in [0.05, 0.1) is 16.9 Å². The Kier molecular flexibility index (Phi) is 5.53. The summed E-state index contributed by atoms with van der Waals surface area (Å²) >= 11 is 6.04. The van der Waals surface area contributed by atoms with Crippen LogP contribution in [-0.2, 0) is 9.84 Å². The average Bonchev–Trinajstić information content (AvgIpc) is 3.11. The number of anilines is 1. The lowest BCUT2D eigenvalue weighted by Crippen LogP contribution is -2.18. The van der Waals surface area contributed by atoms with Crippen LogP contribution in [0.2, 0.25) is 5.02 Å². The van der Waals surface area contributed by atoms with Gasteiger partial charge in [-0.3, -0.25) is 9.59 Å². The Labute approximate surface area is 188 Å². The number of nitrogens with zero attached hydrogens (tertiary/aromatic N) is 2. The predicted octanol–water partition coefficient (Wildman–Crippen LogP) is 4.07. The maximum absolute atomic E-state index is 13.1. The van der Waals surface area contributed by atoms with Gasteiger partial charge in [-0.15, -0.1) is 0 Å². The molecule has 2 aromatic carbocycles. The molecule has 1 amide bonds. The highest BCUT2D eigenvalue weighted by atomic mass is 35.5. The zero-order chi connectivity index (χ0) is 23.0. The molecule has 32 heavy (non-hydrogen) atoms. The lowest BCUT2D eigenvalue weighted by Gasteiger charge is -2.08. The van der Waals surface area contributed by atoms with Gasteiger partial charge in [0.25, 0.3) is 5.91 Å². The van der Waals surface area contributed by atoms with Gasteiger partial charge in [-0.05, 0) is 19.1 Å². The third-order valence-corrected chi connectivity index (χ3v) is 5.76. The number of halogens is 1. The number of benzene rings is 2. The quantitative estimate of drug-likeness (QED) is 0.345. The topological polar surface area (TPSA) is 119 Å². The molecule has 0 bridgehead atoms. The minimum Gasteiger partial charge on any atom is -0.450 e. The summed E-state index contributed by atoms with van der Waals surface area (Å²) in [7, 11) is -3.77. The van der Waals surface area contributed by atoms with E-state index in [-0.39, 0.29) is 22.2 Å². The summed E-state index contributed by atoms with van der Waals surface area (Å²) in [6, 6.07) is 13.7. The van der Waals surface area contributed by atoms with E-state index in [9.17, 15) is 18.0 Å². The van der Waals surface area contributed by atoms with Crippen molar-refractivity contribution < 1.29 is 22.4 Å². The number of carbonyl (C=O) groups excluding carboxylic acids is 2. The molecule has 0 saturated heterocycles. The Hall–Kier alpha value is -3.56. The van der Waals surface area contributed by atoms with Crippen LogP contribution < -0.4 is 5.32 Å². The molecular weight excluding hydrogens is 454 g/mol. The molecule has 10 heteroatoms. The van der Waals surface area contributed by atoms with E-state index in [2.05, 4.69) is 15.3 Å². The van der Waals surface area contributed by atoms with E-state index in [1.165, 1.54) is 0 Å². The van der Waals surface area contributed by atoms with Crippen LogP contribution in [0.4, 0.5) is 5.69 Å². The average molecular weight is 470 g/mol. The molecule has 8 nitrogen and oxygen atoms in total. The molecule has 0 radical (unpaired) electrons.